The fourth-order valence-electron chi connectivity index (χ4n) is 3.85. The van der Waals surface area contributed by atoms with Crippen LogP contribution in [0, 0.1) is 11.7 Å². The SMILES string of the molecule is COc1ccc(N=C(SC)N2C[C@H]3C[C@@]3(c3ccc(F)cc3Cl)C2)cn1. The number of amidine groups is 1. The molecule has 0 bridgehead atoms. The van der Waals surface area contributed by atoms with E-state index in [1.807, 2.05) is 18.4 Å². The number of likely N-dealkylation sites (tertiary alicyclic amines) is 1. The number of aliphatic imine (C=N–C) groups is 1. The van der Waals surface area contributed by atoms with Crippen molar-refractivity contribution in [1.82, 2.24) is 9.88 Å². The van der Waals surface area contributed by atoms with Gasteiger partial charge in [0.25, 0.3) is 0 Å². The van der Waals surface area contributed by atoms with E-state index < -0.39 is 0 Å². The van der Waals surface area contributed by atoms with Crippen molar-refractivity contribution in [2.75, 3.05) is 26.5 Å². The summed E-state index contributed by atoms with van der Waals surface area (Å²) in [7, 11) is 1.59. The number of hydrogen-bond acceptors (Lipinski definition) is 4. The van der Waals surface area contributed by atoms with Crippen LogP contribution in [-0.2, 0) is 5.41 Å². The topological polar surface area (TPSA) is 37.7 Å². The number of ether oxygens (including phenoxy) is 1. The lowest BCUT2D eigenvalue weighted by molar-refractivity contribution is 0.398. The first-order valence-electron chi connectivity index (χ1n) is 8.39. The highest BCUT2D eigenvalue weighted by Crippen LogP contribution is 2.60. The molecule has 2 aliphatic rings. The first-order valence-corrected chi connectivity index (χ1v) is 9.99. The number of methoxy groups -OCH3 is 1. The van der Waals surface area contributed by atoms with Gasteiger partial charge in [-0.1, -0.05) is 29.4 Å². The van der Waals surface area contributed by atoms with Crippen LogP contribution in [0.15, 0.2) is 41.5 Å². The number of benzene rings is 1. The molecule has 0 amide bonds. The van der Waals surface area contributed by atoms with Gasteiger partial charge < -0.3 is 9.64 Å². The van der Waals surface area contributed by atoms with Crippen LogP contribution >= 0.6 is 23.4 Å². The number of nitrogens with zero attached hydrogens (tertiary/aromatic N) is 3. The average Bonchev–Trinajstić information content (AvgIpc) is 3.20. The average molecular weight is 392 g/mol. The maximum atomic E-state index is 13.4. The number of aromatic nitrogens is 1. The quantitative estimate of drug-likeness (QED) is 0.570. The molecular weight excluding hydrogens is 373 g/mol. The minimum Gasteiger partial charge on any atom is -0.481 e. The normalized spacial score (nSPS) is 24.5. The number of hydrogen-bond donors (Lipinski definition) is 0. The van der Waals surface area contributed by atoms with Gasteiger partial charge in [0, 0.05) is 29.6 Å². The van der Waals surface area contributed by atoms with Crippen molar-refractivity contribution in [1.29, 1.82) is 0 Å². The van der Waals surface area contributed by atoms with Gasteiger partial charge in [-0.15, -0.1) is 0 Å². The molecule has 1 saturated heterocycles. The molecule has 1 aromatic carbocycles. The first kappa shape index (κ1) is 17.6. The predicted octanol–water partition coefficient (Wildman–Crippen LogP) is 4.51. The first-order chi connectivity index (χ1) is 12.6. The highest BCUT2D eigenvalue weighted by atomic mass is 35.5. The second-order valence-corrected chi connectivity index (χ2v) is 7.90. The van der Waals surface area contributed by atoms with Gasteiger partial charge in [0.1, 0.15) is 5.82 Å². The fourth-order valence-corrected chi connectivity index (χ4v) is 4.80. The lowest BCUT2D eigenvalue weighted by atomic mass is 9.95. The van der Waals surface area contributed by atoms with Crippen molar-refractivity contribution in [2.45, 2.75) is 11.8 Å². The van der Waals surface area contributed by atoms with Gasteiger partial charge in [-0.25, -0.2) is 14.4 Å². The van der Waals surface area contributed by atoms with Crippen LogP contribution in [0.5, 0.6) is 5.88 Å². The number of halogens is 2. The number of pyridine rings is 1. The van der Waals surface area contributed by atoms with E-state index in [1.54, 1.807) is 31.1 Å². The van der Waals surface area contributed by atoms with Crippen molar-refractivity contribution in [3.8, 4) is 5.88 Å². The summed E-state index contributed by atoms with van der Waals surface area (Å²) in [6.45, 7) is 1.79. The highest BCUT2D eigenvalue weighted by Gasteiger charge is 2.61. The summed E-state index contributed by atoms with van der Waals surface area (Å²) in [6, 6.07) is 8.45. The van der Waals surface area contributed by atoms with Crippen molar-refractivity contribution < 1.29 is 9.13 Å². The molecule has 2 aromatic rings. The predicted molar refractivity (Wildman–Crippen MR) is 104 cm³/mol. The minimum absolute atomic E-state index is 0.0272. The Morgan fingerprint density at radius 3 is 2.92 bits per heavy atom. The number of thioether (sulfide) groups is 1. The maximum Gasteiger partial charge on any atom is 0.213 e. The summed E-state index contributed by atoms with van der Waals surface area (Å²) >= 11 is 7.95. The molecule has 1 aliphatic heterocycles. The maximum absolute atomic E-state index is 13.4. The van der Waals surface area contributed by atoms with E-state index in [2.05, 4.69) is 9.88 Å². The van der Waals surface area contributed by atoms with Gasteiger partial charge >= 0.3 is 0 Å². The monoisotopic (exact) mass is 391 g/mol. The zero-order valence-corrected chi connectivity index (χ0v) is 16.1. The Balaban J connectivity index is 1.56. The summed E-state index contributed by atoms with van der Waals surface area (Å²) in [5.74, 6) is 0.819. The molecule has 0 unspecified atom stereocenters. The Labute approximate surface area is 161 Å². The van der Waals surface area contributed by atoms with Crippen LogP contribution < -0.4 is 4.74 Å². The zero-order chi connectivity index (χ0) is 18.3. The van der Waals surface area contributed by atoms with E-state index >= 15 is 0 Å². The summed E-state index contributed by atoms with van der Waals surface area (Å²) < 4.78 is 18.5. The molecule has 4 rings (SSSR count). The third-order valence-electron chi connectivity index (χ3n) is 5.22. The molecule has 2 heterocycles. The van der Waals surface area contributed by atoms with E-state index in [4.69, 9.17) is 21.3 Å². The van der Waals surface area contributed by atoms with Crippen LogP contribution in [0.4, 0.5) is 10.1 Å². The Kier molecular flexibility index (Phi) is 4.57. The lowest BCUT2D eigenvalue weighted by Crippen LogP contribution is -2.30. The minimum atomic E-state index is -0.291. The van der Waals surface area contributed by atoms with E-state index in [0.29, 0.717) is 16.8 Å². The Morgan fingerprint density at radius 2 is 2.27 bits per heavy atom. The molecule has 2 atom stereocenters. The second kappa shape index (κ2) is 6.74. The van der Waals surface area contributed by atoms with Gasteiger partial charge in [-0.3, -0.25) is 0 Å². The van der Waals surface area contributed by atoms with E-state index in [1.165, 1.54) is 12.1 Å². The van der Waals surface area contributed by atoms with Gasteiger partial charge in [-0.05, 0) is 42.4 Å². The van der Waals surface area contributed by atoms with Crippen LogP contribution in [0.25, 0.3) is 0 Å². The molecule has 0 radical (unpaired) electrons. The van der Waals surface area contributed by atoms with Crippen molar-refractivity contribution in [3.63, 3.8) is 0 Å². The molecule has 2 fully saturated rings. The zero-order valence-electron chi connectivity index (χ0n) is 14.6. The molecular formula is C19H19ClFN3OS. The van der Waals surface area contributed by atoms with E-state index in [9.17, 15) is 4.39 Å². The van der Waals surface area contributed by atoms with E-state index in [-0.39, 0.29) is 11.2 Å². The van der Waals surface area contributed by atoms with Gasteiger partial charge in [0.2, 0.25) is 5.88 Å². The summed E-state index contributed by atoms with van der Waals surface area (Å²) in [6.07, 6.45) is 4.83. The molecule has 1 saturated carbocycles. The Hall–Kier alpha value is -1.79. The molecule has 1 aromatic heterocycles. The summed E-state index contributed by atoms with van der Waals surface area (Å²) in [5, 5.41) is 1.48. The van der Waals surface area contributed by atoms with Crippen LogP contribution in [0.1, 0.15) is 12.0 Å². The fraction of sp³-hybridized carbons (Fsp3) is 0.368. The largest absolute Gasteiger partial charge is 0.481 e. The number of rotatable bonds is 3. The van der Waals surface area contributed by atoms with Crippen molar-refractivity contribution in [2.24, 2.45) is 10.9 Å². The molecule has 4 nitrogen and oxygen atoms in total. The Bertz CT molecular complexity index is 860. The van der Waals surface area contributed by atoms with E-state index in [0.717, 1.165) is 35.9 Å². The standard InChI is InChI=1S/C19H19ClFN3OS/c1-25-17-6-4-14(9-22-17)23-18(26-2)24-10-12-8-19(12,11-24)15-5-3-13(21)7-16(15)20/h3-7,9,12H,8,10-11H2,1-2H3/t12-,19-/m1/s1. The number of piperidine rings is 1. The third-order valence-corrected chi connectivity index (χ3v) is 6.25. The Morgan fingerprint density at radius 1 is 1.42 bits per heavy atom. The van der Waals surface area contributed by atoms with Crippen molar-refractivity contribution in [3.05, 3.63) is 52.9 Å². The molecule has 136 valence electrons. The summed E-state index contributed by atoms with van der Waals surface area (Å²) in [5.41, 5.74) is 1.88. The molecule has 7 heteroatoms. The van der Waals surface area contributed by atoms with Crippen LogP contribution in [0.2, 0.25) is 5.02 Å². The van der Waals surface area contributed by atoms with Gasteiger partial charge in [0.05, 0.1) is 19.0 Å². The molecule has 0 N–H and O–H groups in total. The number of fused-ring (bicyclic) bond motifs is 1. The lowest BCUT2D eigenvalue weighted by Gasteiger charge is -2.24. The third kappa shape index (κ3) is 3.05. The molecule has 26 heavy (non-hydrogen) atoms. The van der Waals surface area contributed by atoms with Crippen LogP contribution in [-0.4, -0.2) is 41.5 Å². The van der Waals surface area contributed by atoms with Crippen molar-refractivity contribution >= 4 is 34.2 Å². The molecule has 0 spiro atoms. The second-order valence-electron chi connectivity index (χ2n) is 6.72. The molecule has 1 aliphatic carbocycles. The summed E-state index contributed by atoms with van der Waals surface area (Å²) in [4.78, 5) is 11.2. The highest BCUT2D eigenvalue weighted by molar-refractivity contribution is 8.13. The van der Waals surface area contributed by atoms with Gasteiger partial charge in [-0.2, -0.15) is 0 Å². The van der Waals surface area contributed by atoms with Crippen LogP contribution in [0.3, 0.4) is 0 Å². The smallest absolute Gasteiger partial charge is 0.213 e. The van der Waals surface area contributed by atoms with Gasteiger partial charge in [0.15, 0.2) is 5.17 Å².